The monoisotopic (exact) mass is 310 g/mol. The first-order chi connectivity index (χ1) is 9.35. The number of halogens is 5. The maximum absolute atomic E-state index is 13.4. The van der Waals surface area contributed by atoms with E-state index in [4.69, 9.17) is 11.6 Å². The number of alkyl halides is 3. The lowest BCUT2D eigenvalue weighted by atomic mass is 10.0. The first-order valence-electron chi connectivity index (χ1n) is 6.33. The second-order valence-corrected chi connectivity index (χ2v) is 5.26. The van der Waals surface area contributed by atoms with Crippen molar-refractivity contribution >= 4 is 11.6 Å². The van der Waals surface area contributed by atoms with Crippen molar-refractivity contribution in [2.75, 3.05) is 26.2 Å². The van der Waals surface area contributed by atoms with Crippen LogP contribution in [0, 0.1) is 5.82 Å². The van der Waals surface area contributed by atoms with Crippen LogP contribution >= 0.6 is 11.6 Å². The molecule has 2 nitrogen and oxygen atoms in total. The molecule has 0 radical (unpaired) electrons. The molecule has 20 heavy (non-hydrogen) atoms. The molecule has 1 N–H and O–H groups in total. The van der Waals surface area contributed by atoms with Gasteiger partial charge in [-0.05, 0) is 23.8 Å². The standard InChI is InChI=1S/C13H15ClF4N2/c14-10-5-9(6-11(15)7-10)12(8-13(16,17)18)20-3-1-19-2-4-20/h5-7,12,19H,1-4,8H2/t12-/m1/s1. The van der Waals surface area contributed by atoms with Gasteiger partial charge in [0, 0.05) is 37.2 Å². The number of nitrogens with one attached hydrogen (secondary N) is 1. The Balaban J connectivity index is 2.29. The van der Waals surface area contributed by atoms with Gasteiger partial charge < -0.3 is 5.32 Å². The van der Waals surface area contributed by atoms with Crippen LogP contribution in [0.1, 0.15) is 18.0 Å². The third-order valence-corrected chi connectivity index (χ3v) is 3.51. The maximum atomic E-state index is 13.4. The molecule has 1 aliphatic heterocycles. The summed E-state index contributed by atoms with van der Waals surface area (Å²) in [5.41, 5.74) is 0.272. The molecule has 112 valence electrons. The summed E-state index contributed by atoms with van der Waals surface area (Å²) < 4.78 is 51.7. The lowest BCUT2D eigenvalue weighted by Gasteiger charge is -2.35. The number of benzene rings is 1. The average Bonchev–Trinajstić information content (AvgIpc) is 2.35. The van der Waals surface area contributed by atoms with E-state index in [1.165, 1.54) is 6.07 Å². The minimum absolute atomic E-state index is 0.113. The average molecular weight is 311 g/mol. The van der Waals surface area contributed by atoms with Gasteiger partial charge in [0.25, 0.3) is 0 Å². The molecule has 7 heteroatoms. The topological polar surface area (TPSA) is 15.3 Å². The Bertz CT molecular complexity index is 438. The van der Waals surface area contributed by atoms with Gasteiger partial charge in [-0.15, -0.1) is 0 Å². The number of hydrogen-bond acceptors (Lipinski definition) is 2. The zero-order valence-electron chi connectivity index (χ0n) is 10.7. The molecule has 1 saturated heterocycles. The molecule has 2 rings (SSSR count). The molecule has 1 aromatic carbocycles. The van der Waals surface area contributed by atoms with E-state index in [0.717, 1.165) is 12.1 Å². The second-order valence-electron chi connectivity index (χ2n) is 4.82. The fourth-order valence-electron chi connectivity index (χ4n) is 2.44. The summed E-state index contributed by atoms with van der Waals surface area (Å²) in [5.74, 6) is -0.616. The fraction of sp³-hybridized carbons (Fsp3) is 0.538. The van der Waals surface area contributed by atoms with E-state index in [-0.39, 0.29) is 10.6 Å². The van der Waals surface area contributed by atoms with E-state index in [9.17, 15) is 17.6 Å². The Morgan fingerprint density at radius 2 is 1.85 bits per heavy atom. The maximum Gasteiger partial charge on any atom is 0.390 e. The third kappa shape index (κ3) is 4.33. The lowest BCUT2D eigenvalue weighted by Crippen LogP contribution is -2.46. The highest BCUT2D eigenvalue weighted by molar-refractivity contribution is 6.30. The molecule has 0 amide bonds. The van der Waals surface area contributed by atoms with Crippen molar-refractivity contribution in [3.05, 3.63) is 34.6 Å². The van der Waals surface area contributed by atoms with E-state index >= 15 is 0 Å². The fourth-order valence-corrected chi connectivity index (χ4v) is 2.67. The molecule has 0 aromatic heterocycles. The Labute approximate surface area is 119 Å². The minimum atomic E-state index is -4.31. The molecule has 0 spiro atoms. The van der Waals surface area contributed by atoms with Gasteiger partial charge in [-0.25, -0.2) is 4.39 Å². The number of piperazine rings is 1. The van der Waals surface area contributed by atoms with Crippen molar-refractivity contribution in [3.8, 4) is 0 Å². The van der Waals surface area contributed by atoms with Crippen molar-refractivity contribution in [2.24, 2.45) is 0 Å². The van der Waals surface area contributed by atoms with Gasteiger partial charge in [0.1, 0.15) is 5.82 Å². The lowest BCUT2D eigenvalue weighted by molar-refractivity contribution is -0.148. The molecular weight excluding hydrogens is 296 g/mol. The molecule has 1 heterocycles. The molecule has 0 bridgehead atoms. The van der Waals surface area contributed by atoms with Crippen molar-refractivity contribution in [1.29, 1.82) is 0 Å². The molecule has 1 aliphatic rings. The van der Waals surface area contributed by atoms with E-state index in [0.29, 0.717) is 26.2 Å². The zero-order valence-corrected chi connectivity index (χ0v) is 11.4. The van der Waals surface area contributed by atoms with Crippen molar-refractivity contribution < 1.29 is 17.6 Å². The Hall–Kier alpha value is -0.850. The van der Waals surface area contributed by atoms with Crippen LogP contribution in [0.25, 0.3) is 0 Å². The summed E-state index contributed by atoms with van der Waals surface area (Å²) >= 11 is 5.75. The SMILES string of the molecule is Fc1cc(Cl)cc([C@@H](CC(F)(F)F)N2CCNCC2)c1. The van der Waals surface area contributed by atoms with Crippen molar-refractivity contribution in [2.45, 2.75) is 18.6 Å². The normalized spacial score (nSPS) is 19.1. The molecule has 1 atom stereocenters. The van der Waals surface area contributed by atoms with Crippen LogP contribution in [-0.2, 0) is 0 Å². The third-order valence-electron chi connectivity index (χ3n) is 3.29. The summed E-state index contributed by atoms with van der Waals surface area (Å²) in [4.78, 5) is 1.72. The van der Waals surface area contributed by atoms with Gasteiger partial charge in [-0.3, -0.25) is 4.90 Å². The number of rotatable bonds is 3. The predicted octanol–water partition coefficient (Wildman–Crippen LogP) is 3.38. The highest BCUT2D eigenvalue weighted by Gasteiger charge is 2.36. The highest BCUT2D eigenvalue weighted by Crippen LogP contribution is 2.35. The first-order valence-corrected chi connectivity index (χ1v) is 6.70. The van der Waals surface area contributed by atoms with Crippen LogP contribution in [-0.4, -0.2) is 37.3 Å². The quantitative estimate of drug-likeness (QED) is 0.861. The molecule has 0 unspecified atom stereocenters. The summed E-state index contributed by atoms with van der Waals surface area (Å²) in [6, 6.07) is 2.73. The summed E-state index contributed by atoms with van der Waals surface area (Å²) in [5, 5.41) is 3.20. The molecule has 0 aliphatic carbocycles. The van der Waals surface area contributed by atoms with Crippen LogP contribution in [0.5, 0.6) is 0 Å². The van der Waals surface area contributed by atoms with Gasteiger partial charge in [0.2, 0.25) is 0 Å². The molecule has 1 aromatic rings. The van der Waals surface area contributed by atoms with Crippen LogP contribution in [0.2, 0.25) is 5.02 Å². The first kappa shape index (κ1) is 15.5. The van der Waals surface area contributed by atoms with E-state index in [1.807, 2.05) is 0 Å². The van der Waals surface area contributed by atoms with Crippen LogP contribution in [0.3, 0.4) is 0 Å². The van der Waals surface area contributed by atoms with E-state index in [1.54, 1.807) is 4.90 Å². The van der Waals surface area contributed by atoms with Crippen LogP contribution < -0.4 is 5.32 Å². The van der Waals surface area contributed by atoms with Crippen molar-refractivity contribution in [3.63, 3.8) is 0 Å². The Morgan fingerprint density at radius 1 is 1.20 bits per heavy atom. The molecular formula is C13H15ClF4N2. The predicted molar refractivity (Wildman–Crippen MR) is 69.3 cm³/mol. The van der Waals surface area contributed by atoms with Gasteiger partial charge in [-0.2, -0.15) is 13.2 Å². The highest BCUT2D eigenvalue weighted by atomic mass is 35.5. The largest absolute Gasteiger partial charge is 0.390 e. The second kappa shape index (κ2) is 6.28. The van der Waals surface area contributed by atoms with Gasteiger partial charge in [-0.1, -0.05) is 11.6 Å². The minimum Gasteiger partial charge on any atom is -0.314 e. The van der Waals surface area contributed by atoms with Crippen LogP contribution in [0.15, 0.2) is 18.2 Å². The zero-order chi connectivity index (χ0) is 14.8. The van der Waals surface area contributed by atoms with Gasteiger partial charge >= 0.3 is 6.18 Å². The summed E-state index contributed by atoms with van der Waals surface area (Å²) in [6.45, 7) is 2.23. The number of nitrogens with zero attached hydrogens (tertiary/aromatic N) is 1. The van der Waals surface area contributed by atoms with Gasteiger partial charge in [0.05, 0.1) is 6.42 Å². The number of hydrogen-bond donors (Lipinski definition) is 1. The smallest absolute Gasteiger partial charge is 0.314 e. The van der Waals surface area contributed by atoms with Gasteiger partial charge in [0.15, 0.2) is 0 Å². The molecule has 0 saturated carbocycles. The van der Waals surface area contributed by atoms with Crippen molar-refractivity contribution in [1.82, 2.24) is 10.2 Å². The Morgan fingerprint density at radius 3 is 2.40 bits per heavy atom. The van der Waals surface area contributed by atoms with Crippen LogP contribution in [0.4, 0.5) is 17.6 Å². The van der Waals surface area contributed by atoms with E-state index < -0.39 is 24.5 Å². The Kier molecular flexibility index (Phi) is 4.88. The summed E-state index contributed by atoms with van der Waals surface area (Å²) in [6.07, 6.45) is -5.32. The van der Waals surface area contributed by atoms with E-state index in [2.05, 4.69) is 5.32 Å². The molecule has 1 fully saturated rings. The summed E-state index contributed by atoms with van der Waals surface area (Å²) in [7, 11) is 0.